The van der Waals surface area contributed by atoms with Crippen molar-refractivity contribution in [2.45, 2.75) is 19.3 Å². The van der Waals surface area contributed by atoms with Crippen LogP contribution in [0.1, 0.15) is 28.8 Å². The summed E-state index contributed by atoms with van der Waals surface area (Å²) in [5.41, 5.74) is 2.84. The number of piperidine rings is 1. The number of fused-ring (bicyclic) bond motifs is 1. The van der Waals surface area contributed by atoms with Gasteiger partial charge in [-0.3, -0.25) is 9.48 Å². The normalized spacial score (nSPS) is 18.2. The lowest BCUT2D eigenvalue weighted by Gasteiger charge is -2.32. The molecule has 24 heavy (non-hydrogen) atoms. The van der Waals surface area contributed by atoms with Gasteiger partial charge in [0.25, 0.3) is 5.91 Å². The van der Waals surface area contributed by atoms with E-state index in [9.17, 15) is 4.79 Å². The van der Waals surface area contributed by atoms with Crippen molar-refractivity contribution in [2.24, 2.45) is 13.0 Å². The molecule has 6 heteroatoms. The predicted octanol–water partition coefficient (Wildman–Crippen LogP) is 2.39. The van der Waals surface area contributed by atoms with Crippen molar-refractivity contribution >= 4 is 16.9 Å². The van der Waals surface area contributed by atoms with Crippen LogP contribution in [0.3, 0.4) is 0 Å². The number of amides is 1. The van der Waals surface area contributed by atoms with Gasteiger partial charge in [-0.1, -0.05) is 0 Å². The average molecular weight is 323 g/mol. The second-order valence-electron chi connectivity index (χ2n) is 6.63. The molecule has 0 unspecified atom stereocenters. The molecule has 3 aromatic rings. The topological polar surface area (TPSA) is 66.8 Å². The minimum absolute atomic E-state index is 0.0898. The Kier molecular flexibility index (Phi) is 3.80. The quantitative estimate of drug-likeness (QED) is 0.805. The van der Waals surface area contributed by atoms with Gasteiger partial charge in [-0.05, 0) is 42.9 Å². The number of carbonyl (C=O) groups excluding carboxylic acids is 1. The van der Waals surface area contributed by atoms with Gasteiger partial charge in [0, 0.05) is 44.1 Å². The summed E-state index contributed by atoms with van der Waals surface area (Å²) < 4.78 is 1.67. The van der Waals surface area contributed by atoms with E-state index in [1.807, 2.05) is 30.4 Å². The largest absolute Gasteiger partial charge is 0.346 e. The second kappa shape index (κ2) is 6.11. The van der Waals surface area contributed by atoms with Crippen LogP contribution in [0.15, 0.2) is 36.9 Å². The number of H-pyrrole nitrogens is 1. The predicted molar refractivity (Wildman–Crippen MR) is 91.6 cm³/mol. The van der Waals surface area contributed by atoms with Gasteiger partial charge >= 0.3 is 0 Å². The SMILES string of the molecule is Cn1cc(C(=O)N2CCC[C@@H](Cc3cnc4[nH]ccc4c3)C2)cn1. The fourth-order valence-electron chi connectivity index (χ4n) is 3.56. The van der Waals surface area contributed by atoms with E-state index in [1.165, 1.54) is 5.56 Å². The van der Waals surface area contributed by atoms with Crippen LogP contribution in [0, 0.1) is 5.92 Å². The Hall–Kier alpha value is -2.63. The van der Waals surface area contributed by atoms with Crippen LogP contribution in [0.4, 0.5) is 0 Å². The first-order valence-corrected chi connectivity index (χ1v) is 8.39. The van der Waals surface area contributed by atoms with Gasteiger partial charge in [-0.2, -0.15) is 5.10 Å². The number of aromatic amines is 1. The number of rotatable bonds is 3. The number of nitrogens with zero attached hydrogens (tertiary/aromatic N) is 4. The first-order chi connectivity index (χ1) is 11.7. The fraction of sp³-hybridized carbons (Fsp3) is 0.389. The smallest absolute Gasteiger partial charge is 0.257 e. The lowest BCUT2D eigenvalue weighted by Crippen LogP contribution is -2.40. The highest BCUT2D eigenvalue weighted by Gasteiger charge is 2.25. The molecule has 0 saturated carbocycles. The zero-order chi connectivity index (χ0) is 16.5. The summed E-state index contributed by atoms with van der Waals surface area (Å²) in [6.45, 7) is 1.64. The minimum Gasteiger partial charge on any atom is -0.346 e. The fourth-order valence-corrected chi connectivity index (χ4v) is 3.56. The number of aromatic nitrogens is 4. The van der Waals surface area contributed by atoms with E-state index in [4.69, 9.17) is 0 Å². The Bertz CT molecular complexity index is 865. The van der Waals surface area contributed by atoms with Gasteiger partial charge < -0.3 is 9.88 Å². The third kappa shape index (κ3) is 2.91. The number of likely N-dealkylation sites (tertiary alicyclic amines) is 1. The molecular weight excluding hydrogens is 302 g/mol. The maximum Gasteiger partial charge on any atom is 0.257 e. The third-order valence-corrected chi connectivity index (χ3v) is 4.74. The Labute approximate surface area is 140 Å². The van der Waals surface area contributed by atoms with E-state index in [2.05, 4.69) is 21.1 Å². The van der Waals surface area contributed by atoms with E-state index in [-0.39, 0.29) is 5.91 Å². The summed E-state index contributed by atoms with van der Waals surface area (Å²) in [7, 11) is 1.83. The van der Waals surface area contributed by atoms with Crippen LogP contribution in [0.5, 0.6) is 0 Å². The summed E-state index contributed by atoms with van der Waals surface area (Å²) in [4.78, 5) is 22.2. The van der Waals surface area contributed by atoms with Crippen molar-refractivity contribution in [3.63, 3.8) is 0 Å². The molecule has 6 nitrogen and oxygen atoms in total. The van der Waals surface area contributed by atoms with Crippen molar-refractivity contribution < 1.29 is 4.79 Å². The zero-order valence-corrected chi connectivity index (χ0v) is 13.8. The highest BCUT2D eigenvalue weighted by molar-refractivity contribution is 5.93. The average Bonchev–Trinajstić information content (AvgIpc) is 3.23. The molecule has 124 valence electrons. The monoisotopic (exact) mass is 323 g/mol. The second-order valence-corrected chi connectivity index (χ2v) is 6.63. The number of hydrogen-bond donors (Lipinski definition) is 1. The summed E-state index contributed by atoms with van der Waals surface area (Å²) in [5, 5.41) is 5.25. The van der Waals surface area contributed by atoms with Gasteiger partial charge in [0.1, 0.15) is 5.65 Å². The van der Waals surface area contributed by atoms with Crippen molar-refractivity contribution in [3.8, 4) is 0 Å². The number of carbonyl (C=O) groups is 1. The number of hydrogen-bond acceptors (Lipinski definition) is 3. The molecule has 0 bridgehead atoms. The standard InChI is InChI=1S/C18H21N5O/c1-22-12-16(10-21-22)18(24)23-6-2-3-13(11-23)7-14-8-15-4-5-19-17(15)20-9-14/h4-5,8-10,12-13H,2-3,6-7,11H2,1H3,(H,19,20)/t13-/m0/s1. The van der Waals surface area contributed by atoms with Crippen molar-refractivity contribution in [1.29, 1.82) is 0 Å². The van der Waals surface area contributed by atoms with Crippen LogP contribution in [0.25, 0.3) is 11.0 Å². The van der Waals surface area contributed by atoms with E-state index in [0.717, 1.165) is 43.4 Å². The van der Waals surface area contributed by atoms with E-state index >= 15 is 0 Å². The first kappa shape index (κ1) is 14.9. The van der Waals surface area contributed by atoms with Gasteiger partial charge in [0.2, 0.25) is 0 Å². The summed E-state index contributed by atoms with van der Waals surface area (Å²) >= 11 is 0. The Balaban J connectivity index is 1.45. The molecule has 0 aliphatic carbocycles. The lowest BCUT2D eigenvalue weighted by atomic mass is 9.91. The molecule has 1 N–H and O–H groups in total. The van der Waals surface area contributed by atoms with Crippen molar-refractivity contribution in [2.75, 3.05) is 13.1 Å². The summed E-state index contributed by atoms with van der Waals surface area (Å²) in [6.07, 6.45) is 10.5. The molecule has 4 heterocycles. The first-order valence-electron chi connectivity index (χ1n) is 8.39. The molecular formula is C18H21N5O. The molecule has 1 aliphatic rings. The maximum atomic E-state index is 12.6. The molecule has 0 spiro atoms. The van der Waals surface area contributed by atoms with Gasteiger partial charge in [-0.15, -0.1) is 0 Å². The molecule has 1 atom stereocenters. The highest BCUT2D eigenvalue weighted by atomic mass is 16.2. The zero-order valence-electron chi connectivity index (χ0n) is 13.8. The van der Waals surface area contributed by atoms with E-state index < -0.39 is 0 Å². The molecule has 1 saturated heterocycles. The van der Waals surface area contributed by atoms with E-state index in [1.54, 1.807) is 17.1 Å². The number of aryl methyl sites for hydroxylation is 1. The molecule has 1 amide bonds. The van der Waals surface area contributed by atoms with Gasteiger partial charge in [0.15, 0.2) is 0 Å². The maximum absolute atomic E-state index is 12.6. The van der Waals surface area contributed by atoms with Crippen LogP contribution < -0.4 is 0 Å². The Morgan fingerprint density at radius 2 is 2.33 bits per heavy atom. The van der Waals surface area contributed by atoms with Crippen LogP contribution in [0.2, 0.25) is 0 Å². The molecule has 0 aromatic carbocycles. The van der Waals surface area contributed by atoms with Gasteiger partial charge in [0.05, 0.1) is 11.8 Å². The van der Waals surface area contributed by atoms with Crippen LogP contribution in [-0.4, -0.2) is 43.6 Å². The van der Waals surface area contributed by atoms with E-state index in [0.29, 0.717) is 11.5 Å². The van der Waals surface area contributed by atoms with Crippen LogP contribution in [-0.2, 0) is 13.5 Å². The summed E-state index contributed by atoms with van der Waals surface area (Å²) in [6, 6.07) is 4.24. The molecule has 1 fully saturated rings. The Morgan fingerprint density at radius 1 is 1.42 bits per heavy atom. The van der Waals surface area contributed by atoms with Gasteiger partial charge in [-0.25, -0.2) is 4.98 Å². The molecule has 4 rings (SSSR count). The third-order valence-electron chi connectivity index (χ3n) is 4.74. The molecule has 1 aliphatic heterocycles. The van der Waals surface area contributed by atoms with Crippen molar-refractivity contribution in [3.05, 3.63) is 48.0 Å². The summed E-state index contributed by atoms with van der Waals surface area (Å²) in [5.74, 6) is 0.574. The highest BCUT2D eigenvalue weighted by Crippen LogP contribution is 2.23. The number of nitrogens with one attached hydrogen (secondary N) is 1. The number of pyridine rings is 1. The molecule has 0 radical (unpaired) electrons. The Morgan fingerprint density at radius 3 is 3.17 bits per heavy atom. The van der Waals surface area contributed by atoms with Crippen LogP contribution >= 0.6 is 0 Å². The lowest BCUT2D eigenvalue weighted by molar-refractivity contribution is 0.0673. The van der Waals surface area contributed by atoms with Crippen molar-refractivity contribution in [1.82, 2.24) is 24.6 Å². The minimum atomic E-state index is 0.0898. The molecule has 3 aromatic heterocycles.